The van der Waals surface area contributed by atoms with Gasteiger partial charge in [-0.05, 0) is 43.5 Å². The standard InChI is InChI=1S/C16H19ClN2O/c1-11-13-10-12(17)6-7-14(13)18-15(11)16(20)19-8-4-2-3-5-9-19/h6-7,10,18H,2-5,8-9H2,1H3. The molecule has 0 bridgehead atoms. The number of rotatable bonds is 1. The highest BCUT2D eigenvalue weighted by molar-refractivity contribution is 6.31. The minimum atomic E-state index is 0.122. The number of nitrogens with zero attached hydrogens (tertiary/aromatic N) is 1. The van der Waals surface area contributed by atoms with Crippen molar-refractivity contribution >= 4 is 28.4 Å². The number of amides is 1. The van der Waals surface area contributed by atoms with Crippen LogP contribution in [-0.2, 0) is 0 Å². The molecular weight excluding hydrogens is 272 g/mol. The predicted molar refractivity (Wildman–Crippen MR) is 82.4 cm³/mol. The van der Waals surface area contributed by atoms with E-state index in [1.54, 1.807) is 0 Å². The Morgan fingerprint density at radius 3 is 2.60 bits per heavy atom. The summed E-state index contributed by atoms with van der Waals surface area (Å²) in [6, 6.07) is 5.70. The van der Waals surface area contributed by atoms with Crippen molar-refractivity contribution in [3.63, 3.8) is 0 Å². The number of carbonyl (C=O) groups excluding carboxylic acids is 1. The maximum Gasteiger partial charge on any atom is 0.270 e. The first-order chi connectivity index (χ1) is 9.66. The molecule has 1 aromatic heterocycles. The first-order valence-electron chi connectivity index (χ1n) is 7.24. The van der Waals surface area contributed by atoms with E-state index >= 15 is 0 Å². The molecule has 0 saturated carbocycles. The SMILES string of the molecule is Cc1c(C(=O)N2CCCCCC2)[nH]c2ccc(Cl)cc12. The molecule has 0 spiro atoms. The van der Waals surface area contributed by atoms with E-state index in [1.807, 2.05) is 30.0 Å². The average molecular weight is 291 g/mol. The molecule has 2 heterocycles. The van der Waals surface area contributed by atoms with Gasteiger partial charge in [0.1, 0.15) is 5.69 Å². The number of carbonyl (C=O) groups is 1. The normalized spacial score (nSPS) is 16.4. The van der Waals surface area contributed by atoms with Gasteiger partial charge in [-0.2, -0.15) is 0 Å². The topological polar surface area (TPSA) is 36.1 Å². The van der Waals surface area contributed by atoms with E-state index in [-0.39, 0.29) is 5.91 Å². The molecule has 4 heteroatoms. The Balaban J connectivity index is 1.96. The van der Waals surface area contributed by atoms with Crippen LogP contribution in [0.2, 0.25) is 5.02 Å². The lowest BCUT2D eigenvalue weighted by molar-refractivity contribution is 0.0756. The Labute approximate surface area is 123 Å². The average Bonchev–Trinajstić information content (AvgIpc) is 2.66. The second kappa shape index (κ2) is 5.49. The van der Waals surface area contributed by atoms with Crippen molar-refractivity contribution in [1.29, 1.82) is 0 Å². The molecule has 0 radical (unpaired) electrons. The molecule has 1 amide bonds. The summed E-state index contributed by atoms with van der Waals surface area (Å²) in [6.07, 6.45) is 4.67. The maximum absolute atomic E-state index is 12.7. The van der Waals surface area contributed by atoms with Crippen LogP contribution in [0.25, 0.3) is 10.9 Å². The summed E-state index contributed by atoms with van der Waals surface area (Å²) in [5.74, 6) is 0.122. The summed E-state index contributed by atoms with van der Waals surface area (Å²) >= 11 is 6.04. The van der Waals surface area contributed by atoms with Crippen molar-refractivity contribution in [2.75, 3.05) is 13.1 Å². The van der Waals surface area contributed by atoms with Crippen LogP contribution in [-0.4, -0.2) is 28.9 Å². The Morgan fingerprint density at radius 1 is 1.20 bits per heavy atom. The van der Waals surface area contributed by atoms with Crippen LogP contribution < -0.4 is 0 Å². The summed E-state index contributed by atoms with van der Waals surface area (Å²) in [7, 11) is 0. The van der Waals surface area contributed by atoms with E-state index in [9.17, 15) is 4.79 Å². The lowest BCUT2D eigenvalue weighted by Gasteiger charge is -2.19. The molecule has 0 unspecified atom stereocenters. The molecule has 0 aliphatic carbocycles. The number of likely N-dealkylation sites (tertiary alicyclic amines) is 1. The van der Waals surface area contributed by atoms with Gasteiger partial charge in [0.05, 0.1) is 0 Å². The Hall–Kier alpha value is -1.48. The van der Waals surface area contributed by atoms with Gasteiger partial charge < -0.3 is 9.88 Å². The van der Waals surface area contributed by atoms with E-state index in [0.29, 0.717) is 10.7 Å². The van der Waals surface area contributed by atoms with Crippen LogP contribution in [0.15, 0.2) is 18.2 Å². The van der Waals surface area contributed by atoms with Gasteiger partial charge in [0.25, 0.3) is 5.91 Å². The molecule has 1 N–H and O–H groups in total. The molecule has 106 valence electrons. The Morgan fingerprint density at radius 2 is 1.90 bits per heavy atom. The molecule has 1 aromatic carbocycles. The van der Waals surface area contributed by atoms with Crippen molar-refractivity contribution in [3.05, 3.63) is 34.5 Å². The lowest BCUT2D eigenvalue weighted by Crippen LogP contribution is -2.32. The minimum absolute atomic E-state index is 0.122. The number of aromatic amines is 1. The van der Waals surface area contributed by atoms with Gasteiger partial charge in [-0.25, -0.2) is 0 Å². The van der Waals surface area contributed by atoms with Gasteiger partial charge in [-0.3, -0.25) is 4.79 Å². The zero-order chi connectivity index (χ0) is 14.1. The summed E-state index contributed by atoms with van der Waals surface area (Å²) in [6.45, 7) is 3.73. The summed E-state index contributed by atoms with van der Waals surface area (Å²) in [4.78, 5) is 17.9. The lowest BCUT2D eigenvalue weighted by atomic mass is 10.1. The number of aromatic nitrogens is 1. The molecule has 1 aliphatic rings. The highest BCUT2D eigenvalue weighted by Crippen LogP contribution is 2.26. The Kier molecular flexibility index (Phi) is 3.70. The fourth-order valence-electron chi connectivity index (χ4n) is 2.94. The molecule has 3 nitrogen and oxygen atoms in total. The number of nitrogens with one attached hydrogen (secondary N) is 1. The highest BCUT2D eigenvalue weighted by Gasteiger charge is 2.21. The Bertz CT molecular complexity index is 639. The zero-order valence-electron chi connectivity index (χ0n) is 11.7. The molecule has 1 fully saturated rings. The number of fused-ring (bicyclic) bond motifs is 1. The van der Waals surface area contributed by atoms with Gasteiger partial charge in [0, 0.05) is 29.0 Å². The van der Waals surface area contributed by atoms with Crippen molar-refractivity contribution in [2.24, 2.45) is 0 Å². The zero-order valence-corrected chi connectivity index (χ0v) is 12.5. The van der Waals surface area contributed by atoms with Crippen molar-refractivity contribution in [1.82, 2.24) is 9.88 Å². The second-order valence-electron chi connectivity index (χ2n) is 5.52. The predicted octanol–water partition coefficient (Wildman–Crippen LogP) is 4.15. The van der Waals surface area contributed by atoms with E-state index in [4.69, 9.17) is 11.6 Å². The van der Waals surface area contributed by atoms with Crippen LogP contribution in [0, 0.1) is 6.92 Å². The third-order valence-electron chi connectivity index (χ3n) is 4.13. The molecule has 2 aromatic rings. The van der Waals surface area contributed by atoms with Gasteiger partial charge >= 0.3 is 0 Å². The molecular formula is C16H19ClN2O. The molecule has 1 aliphatic heterocycles. The van der Waals surface area contributed by atoms with E-state index in [1.165, 1.54) is 12.8 Å². The van der Waals surface area contributed by atoms with Crippen LogP contribution in [0.1, 0.15) is 41.7 Å². The van der Waals surface area contributed by atoms with Crippen molar-refractivity contribution < 1.29 is 4.79 Å². The van der Waals surface area contributed by atoms with Crippen LogP contribution in [0.3, 0.4) is 0 Å². The summed E-state index contributed by atoms with van der Waals surface area (Å²) in [5.41, 5.74) is 2.69. The third kappa shape index (κ3) is 2.42. The van der Waals surface area contributed by atoms with Gasteiger partial charge in [-0.15, -0.1) is 0 Å². The summed E-state index contributed by atoms with van der Waals surface area (Å²) in [5, 5.41) is 1.74. The number of hydrogen-bond acceptors (Lipinski definition) is 1. The first-order valence-corrected chi connectivity index (χ1v) is 7.62. The maximum atomic E-state index is 12.7. The van der Waals surface area contributed by atoms with Crippen LogP contribution >= 0.6 is 11.6 Å². The van der Waals surface area contributed by atoms with Crippen molar-refractivity contribution in [3.8, 4) is 0 Å². The number of aryl methyl sites for hydroxylation is 1. The van der Waals surface area contributed by atoms with E-state index in [0.717, 1.165) is 42.4 Å². The van der Waals surface area contributed by atoms with E-state index in [2.05, 4.69) is 4.98 Å². The molecule has 20 heavy (non-hydrogen) atoms. The number of halogens is 1. The number of hydrogen-bond donors (Lipinski definition) is 1. The number of benzene rings is 1. The smallest absolute Gasteiger partial charge is 0.270 e. The van der Waals surface area contributed by atoms with Gasteiger partial charge in [0.2, 0.25) is 0 Å². The number of H-pyrrole nitrogens is 1. The monoisotopic (exact) mass is 290 g/mol. The second-order valence-corrected chi connectivity index (χ2v) is 5.96. The van der Waals surface area contributed by atoms with Crippen molar-refractivity contribution in [2.45, 2.75) is 32.6 Å². The summed E-state index contributed by atoms with van der Waals surface area (Å²) < 4.78 is 0. The first kappa shape index (κ1) is 13.5. The van der Waals surface area contributed by atoms with Gasteiger partial charge in [0.15, 0.2) is 0 Å². The third-order valence-corrected chi connectivity index (χ3v) is 4.36. The molecule has 1 saturated heterocycles. The highest BCUT2D eigenvalue weighted by atomic mass is 35.5. The van der Waals surface area contributed by atoms with E-state index < -0.39 is 0 Å². The minimum Gasteiger partial charge on any atom is -0.350 e. The van der Waals surface area contributed by atoms with Crippen LogP contribution in [0.4, 0.5) is 0 Å². The fraction of sp³-hybridized carbons (Fsp3) is 0.438. The molecule has 3 rings (SSSR count). The largest absolute Gasteiger partial charge is 0.350 e. The molecule has 0 atom stereocenters. The quantitative estimate of drug-likeness (QED) is 0.841. The van der Waals surface area contributed by atoms with Crippen LogP contribution in [0.5, 0.6) is 0 Å². The fourth-order valence-corrected chi connectivity index (χ4v) is 3.12. The van der Waals surface area contributed by atoms with Gasteiger partial charge in [-0.1, -0.05) is 24.4 Å².